The van der Waals surface area contributed by atoms with Gasteiger partial charge in [-0.3, -0.25) is 4.79 Å². The van der Waals surface area contributed by atoms with Crippen LogP contribution in [0.2, 0.25) is 0 Å². The fourth-order valence-electron chi connectivity index (χ4n) is 3.07. The monoisotopic (exact) mass is 312 g/mol. The number of benzene rings is 1. The molecule has 1 aromatic rings. The van der Waals surface area contributed by atoms with Crippen molar-refractivity contribution in [2.24, 2.45) is 11.1 Å². The van der Waals surface area contributed by atoms with Crippen LogP contribution in [-0.2, 0) is 4.79 Å². The average Bonchev–Trinajstić information content (AvgIpc) is 2.51. The van der Waals surface area contributed by atoms with E-state index in [-0.39, 0.29) is 29.2 Å². The van der Waals surface area contributed by atoms with Crippen molar-refractivity contribution in [3.63, 3.8) is 0 Å². The number of halogens is 2. The van der Waals surface area contributed by atoms with E-state index in [1.54, 1.807) is 0 Å². The van der Waals surface area contributed by atoms with Crippen LogP contribution in [0.1, 0.15) is 38.5 Å². The quantitative estimate of drug-likeness (QED) is 0.877. The molecule has 0 radical (unpaired) electrons. The Kier molecular flexibility index (Phi) is 5.34. The highest BCUT2D eigenvalue weighted by atomic mass is 19.1. The van der Waals surface area contributed by atoms with E-state index in [0.717, 1.165) is 44.2 Å². The van der Waals surface area contributed by atoms with Crippen molar-refractivity contribution in [1.29, 1.82) is 0 Å². The highest BCUT2D eigenvalue weighted by Crippen LogP contribution is 2.38. The number of hydrogen-bond donors (Lipinski definition) is 2. The lowest BCUT2D eigenvalue weighted by molar-refractivity contribution is -0.118. The molecule has 1 aliphatic carbocycles. The summed E-state index contributed by atoms with van der Waals surface area (Å²) in [6, 6.07) is 1.85. The van der Waals surface area contributed by atoms with E-state index >= 15 is 0 Å². The Balaban J connectivity index is 2.07. The summed E-state index contributed by atoms with van der Waals surface area (Å²) in [6.45, 7) is 0.430. The SMILES string of the molecule is COc1cc(F)c(NC(=O)CC2(CN)CCCCC2)cc1F. The molecule has 0 saturated heterocycles. The maximum absolute atomic E-state index is 13.8. The molecule has 0 spiro atoms. The Morgan fingerprint density at radius 1 is 1.27 bits per heavy atom. The van der Waals surface area contributed by atoms with E-state index in [1.807, 2.05) is 0 Å². The number of carbonyl (C=O) groups is 1. The fourth-order valence-corrected chi connectivity index (χ4v) is 3.07. The highest BCUT2D eigenvalue weighted by molar-refractivity contribution is 5.91. The molecule has 1 fully saturated rings. The molecule has 1 saturated carbocycles. The van der Waals surface area contributed by atoms with Gasteiger partial charge in [-0.25, -0.2) is 8.78 Å². The zero-order valence-electron chi connectivity index (χ0n) is 12.8. The molecule has 0 heterocycles. The summed E-state index contributed by atoms with van der Waals surface area (Å²) in [5.41, 5.74) is 5.45. The zero-order valence-corrected chi connectivity index (χ0v) is 12.8. The van der Waals surface area contributed by atoms with Crippen molar-refractivity contribution >= 4 is 11.6 Å². The van der Waals surface area contributed by atoms with Gasteiger partial charge < -0.3 is 15.8 Å². The third kappa shape index (κ3) is 3.74. The molecular formula is C16H22F2N2O2. The normalized spacial score (nSPS) is 17.1. The third-order valence-corrected chi connectivity index (χ3v) is 4.40. The van der Waals surface area contributed by atoms with E-state index in [1.165, 1.54) is 7.11 Å². The first-order chi connectivity index (χ1) is 10.5. The van der Waals surface area contributed by atoms with Crippen molar-refractivity contribution < 1.29 is 18.3 Å². The smallest absolute Gasteiger partial charge is 0.225 e. The van der Waals surface area contributed by atoms with Crippen molar-refractivity contribution in [2.45, 2.75) is 38.5 Å². The number of nitrogens with two attached hydrogens (primary N) is 1. The molecule has 1 aliphatic rings. The van der Waals surface area contributed by atoms with E-state index in [4.69, 9.17) is 10.5 Å². The van der Waals surface area contributed by atoms with Crippen molar-refractivity contribution in [2.75, 3.05) is 19.0 Å². The Morgan fingerprint density at radius 2 is 1.95 bits per heavy atom. The van der Waals surface area contributed by atoms with Gasteiger partial charge >= 0.3 is 0 Å². The summed E-state index contributed by atoms with van der Waals surface area (Å²) in [5.74, 6) is -1.97. The highest BCUT2D eigenvalue weighted by Gasteiger charge is 2.33. The molecule has 6 heteroatoms. The second kappa shape index (κ2) is 7.05. The summed E-state index contributed by atoms with van der Waals surface area (Å²) < 4.78 is 32.2. The molecule has 0 atom stereocenters. The number of nitrogens with one attached hydrogen (secondary N) is 1. The first kappa shape index (κ1) is 16.7. The molecular weight excluding hydrogens is 290 g/mol. The van der Waals surface area contributed by atoms with Gasteiger partial charge in [-0.15, -0.1) is 0 Å². The Bertz CT molecular complexity index is 543. The molecule has 0 aliphatic heterocycles. The van der Waals surface area contributed by atoms with Crippen LogP contribution >= 0.6 is 0 Å². The van der Waals surface area contributed by atoms with Crippen LogP contribution in [0.3, 0.4) is 0 Å². The number of rotatable bonds is 5. The maximum atomic E-state index is 13.8. The maximum Gasteiger partial charge on any atom is 0.225 e. The Hall–Kier alpha value is -1.69. The van der Waals surface area contributed by atoms with E-state index in [0.29, 0.717) is 6.54 Å². The lowest BCUT2D eigenvalue weighted by atomic mass is 9.71. The predicted octanol–water partition coefficient (Wildman–Crippen LogP) is 3.21. The van der Waals surface area contributed by atoms with Crippen molar-refractivity contribution in [3.8, 4) is 5.75 Å². The Morgan fingerprint density at radius 3 is 2.55 bits per heavy atom. The third-order valence-electron chi connectivity index (χ3n) is 4.40. The molecule has 1 aromatic carbocycles. The topological polar surface area (TPSA) is 64.3 Å². The fraction of sp³-hybridized carbons (Fsp3) is 0.562. The van der Waals surface area contributed by atoms with E-state index in [9.17, 15) is 13.6 Å². The van der Waals surface area contributed by atoms with Gasteiger partial charge in [0.2, 0.25) is 5.91 Å². The second-order valence-electron chi connectivity index (χ2n) is 5.96. The van der Waals surface area contributed by atoms with Crippen LogP contribution in [0.4, 0.5) is 14.5 Å². The molecule has 1 amide bonds. The van der Waals surface area contributed by atoms with Gasteiger partial charge in [0, 0.05) is 18.6 Å². The molecule has 0 unspecified atom stereocenters. The average molecular weight is 312 g/mol. The summed E-state index contributed by atoms with van der Waals surface area (Å²) in [4.78, 5) is 12.2. The first-order valence-corrected chi connectivity index (χ1v) is 7.53. The molecule has 122 valence electrons. The summed E-state index contributed by atoms with van der Waals surface area (Å²) in [7, 11) is 1.25. The standard InChI is InChI=1S/C16H22F2N2O2/c1-22-14-8-11(17)13(7-12(14)18)20-15(21)9-16(10-19)5-3-2-4-6-16/h7-8H,2-6,9-10,19H2,1H3,(H,20,21). The summed E-state index contributed by atoms with van der Waals surface area (Å²) >= 11 is 0. The van der Waals surface area contributed by atoms with Gasteiger partial charge in [0.15, 0.2) is 17.4 Å². The van der Waals surface area contributed by atoms with Gasteiger partial charge in [0.25, 0.3) is 0 Å². The number of carbonyl (C=O) groups excluding carboxylic acids is 1. The molecule has 0 aromatic heterocycles. The number of hydrogen-bond acceptors (Lipinski definition) is 3. The molecule has 2 rings (SSSR count). The molecule has 22 heavy (non-hydrogen) atoms. The largest absolute Gasteiger partial charge is 0.494 e. The zero-order chi connectivity index (χ0) is 16.2. The van der Waals surface area contributed by atoms with Gasteiger partial charge in [0.05, 0.1) is 12.8 Å². The first-order valence-electron chi connectivity index (χ1n) is 7.53. The lowest BCUT2D eigenvalue weighted by Gasteiger charge is -2.35. The molecule has 0 bridgehead atoms. The second-order valence-corrected chi connectivity index (χ2v) is 5.96. The van der Waals surface area contributed by atoms with Gasteiger partial charge in [0.1, 0.15) is 0 Å². The lowest BCUT2D eigenvalue weighted by Crippen LogP contribution is -2.36. The number of amides is 1. The molecule has 4 nitrogen and oxygen atoms in total. The van der Waals surface area contributed by atoms with Crippen LogP contribution in [0.15, 0.2) is 12.1 Å². The van der Waals surface area contributed by atoms with E-state index in [2.05, 4.69) is 5.32 Å². The minimum Gasteiger partial charge on any atom is -0.494 e. The van der Waals surface area contributed by atoms with Crippen LogP contribution in [0, 0.1) is 17.0 Å². The Labute approximate surface area is 129 Å². The number of ether oxygens (including phenoxy) is 1. The molecule has 3 N–H and O–H groups in total. The van der Waals surface area contributed by atoms with Gasteiger partial charge in [-0.05, 0) is 24.8 Å². The minimum absolute atomic E-state index is 0.175. The van der Waals surface area contributed by atoms with Crippen molar-refractivity contribution in [1.82, 2.24) is 0 Å². The minimum atomic E-state index is -0.725. The van der Waals surface area contributed by atoms with E-state index < -0.39 is 11.6 Å². The van der Waals surface area contributed by atoms with Crippen LogP contribution in [0.5, 0.6) is 5.75 Å². The van der Waals surface area contributed by atoms with Crippen LogP contribution < -0.4 is 15.8 Å². The summed E-state index contributed by atoms with van der Waals surface area (Å²) in [6.07, 6.45) is 5.29. The summed E-state index contributed by atoms with van der Waals surface area (Å²) in [5, 5.41) is 2.44. The number of anilines is 1. The predicted molar refractivity (Wildman–Crippen MR) is 80.7 cm³/mol. The van der Waals surface area contributed by atoms with Crippen LogP contribution in [0.25, 0.3) is 0 Å². The van der Waals surface area contributed by atoms with Gasteiger partial charge in [-0.2, -0.15) is 0 Å². The van der Waals surface area contributed by atoms with Crippen molar-refractivity contribution in [3.05, 3.63) is 23.8 Å². The number of methoxy groups -OCH3 is 1. The van der Waals surface area contributed by atoms with Gasteiger partial charge in [-0.1, -0.05) is 19.3 Å². The van der Waals surface area contributed by atoms with Crippen LogP contribution in [-0.4, -0.2) is 19.6 Å².